The summed E-state index contributed by atoms with van der Waals surface area (Å²) in [7, 11) is 0. The molecule has 2 aliphatic rings. The van der Waals surface area contributed by atoms with Crippen molar-refractivity contribution in [3.63, 3.8) is 0 Å². The van der Waals surface area contributed by atoms with Crippen LogP contribution in [-0.4, -0.2) is 41.9 Å². The van der Waals surface area contributed by atoms with Crippen molar-refractivity contribution in [2.75, 3.05) is 26.0 Å². The Bertz CT molecular complexity index is 544. The Labute approximate surface area is 123 Å². The second kappa shape index (κ2) is 5.87. The smallest absolute Gasteiger partial charge is 0.229 e. The van der Waals surface area contributed by atoms with E-state index in [4.69, 9.17) is 4.74 Å². The molecule has 2 heterocycles. The first-order chi connectivity index (χ1) is 9.79. The number of thioether (sulfide) groups is 1. The number of amidine groups is 1. The predicted octanol–water partition coefficient (Wildman–Crippen LogP) is 2.50. The molecule has 3 rings (SSSR count). The van der Waals surface area contributed by atoms with Gasteiger partial charge >= 0.3 is 0 Å². The number of nitrogens with zero attached hydrogens (tertiary/aromatic N) is 2. The summed E-state index contributed by atoms with van der Waals surface area (Å²) in [4.78, 5) is 18.7. The average molecular weight is 290 g/mol. The highest BCUT2D eigenvalue weighted by Crippen LogP contribution is 2.36. The van der Waals surface area contributed by atoms with Gasteiger partial charge in [-0.15, -0.1) is 0 Å². The van der Waals surface area contributed by atoms with Crippen molar-refractivity contribution in [1.82, 2.24) is 4.90 Å². The predicted molar refractivity (Wildman–Crippen MR) is 81.4 cm³/mol. The summed E-state index contributed by atoms with van der Waals surface area (Å²) in [6.45, 7) is 2.14. The molecule has 1 aromatic rings. The van der Waals surface area contributed by atoms with Crippen molar-refractivity contribution < 1.29 is 9.53 Å². The van der Waals surface area contributed by atoms with Crippen LogP contribution in [0.15, 0.2) is 29.3 Å². The summed E-state index contributed by atoms with van der Waals surface area (Å²) in [5.41, 5.74) is 1.16. The molecule has 0 N–H and O–H groups in total. The first-order valence-electron chi connectivity index (χ1n) is 6.90. The Hall–Kier alpha value is -1.49. The van der Waals surface area contributed by atoms with E-state index in [1.165, 1.54) is 0 Å². The number of fused-ring (bicyclic) bond motifs is 1. The first-order valence-corrected chi connectivity index (χ1v) is 8.12. The highest BCUT2D eigenvalue weighted by atomic mass is 32.2. The molecule has 1 unspecified atom stereocenters. The van der Waals surface area contributed by atoms with Crippen molar-refractivity contribution in [2.24, 2.45) is 4.99 Å². The number of aliphatic imine (C=N–C) groups is 1. The van der Waals surface area contributed by atoms with Gasteiger partial charge in [-0.2, -0.15) is 0 Å². The Kier molecular flexibility index (Phi) is 3.96. The number of amides is 1. The van der Waals surface area contributed by atoms with Gasteiger partial charge in [-0.1, -0.05) is 30.0 Å². The fourth-order valence-corrected chi connectivity index (χ4v) is 3.42. The van der Waals surface area contributed by atoms with Crippen LogP contribution in [0.25, 0.3) is 0 Å². The topological polar surface area (TPSA) is 41.9 Å². The van der Waals surface area contributed by atoms with Crippen molar-refractivity contribution in [2.45, 2.75) is 18.8 Å². The highest BCUT2D eigenvalue weighted by Gasteiger charge is 2.28. The molecule has 1 aromatic carbocycles. The lowest BCUT2D eigenvalue weighted by atomic mass is 9.90. The molecule has 2 aliphatic heterocycles. The minimum Gasteiger partial charge on any atom is -0.493 e. The summed E-state index contributed by atoms with van der Waals surface area (Å²) < 4.78 is 5.65. The van der Waals surface area contributed by atoms with Crippen molar-refractivity contribution in [1.29, 1.82) is 0 Å². The Morgan fingerprint density at radius 2 is 2.35 bits per heavy atom. The zero-order valence-electron chi connectivity index (χ0n) is 11.5. The minimum absolute atomic E-state index is 0.178. The number of benzene rings is 1. The highest BCUT2D eigenvalue weighted by molar-refractivity contribution is 8.13. The third kappa shape index (κ3) is 2.54. The molecule has 1 amide bonds. The van der Waals surface area contributed by atoms with Gasteiger partial charge in [-0.25, -0.2) is 0 Å². The summed E-state index contributed by atoms with van der Waals surface area (Å²) in [5.74, 6) is 1.37. The quantitative estimate of drug-likeness (QED) is 0.840. The number of rotatable bonds is 2. The van der Waals surface area contributed by atoms with Crippen LogP contribution in [0.3, 0.4) is 0 Å². The molecular formula is C15H18N2O2S. The van der Waals surface area contributed by atoms with Crippen LogP contribution in [0.2, 0.25) is 0 Å². The standard InChI is InChI=1S/C15H18N2O2S/c1-20-15-16-7-8-17(15)14(18)10-11-6-9-19-13-5-3-2-4-12(11)13/h2-5,11H,6-10H2,1H3. The van der Waals surface area contributed by atoms with Crippen LogP contribution in [0.4, 0.5) is 0 Å². The second-order valence-corrected chi connectivity index (χ2v) is 5.76. The van der Waals surface area contributed by atoms with Crippen molar-refractivity contribution >= 4 is 22.8 Å². The van der Waals surface area contributed by atoms with E-state index in [0.717, 1.165) is 36.0 Å². The maximum Gasteiger partial charge on any atom is 0.229 e. The number of hydrogen-bond donors (Lipinski definition) is 0. The normalized spacial score (nSPS) is 21.1. The van der Waals surface area contributed by atoms with E-state index in [0.29, 0.717) is 13.0 Å². The Morgan fingerprint density at radius 3 is 3.20 bits per heavy atom. The van der Waals surface area contributed by atoms with Crippen LogP contribution in [0.1, 0.15) is 24.3 Å². The van der Waals surface area contributed by atoms with Crippen molar-refractivity contribution in [3.8, 4) is 5.75 Å². The number of hydrogen-bond acceptors (Lipinski definition) is 4. The van der Waals surface area contributed by atoms with E-state index in [2.05, 4.69) is 11.1 Å². The van der Waals surface area contributed by atoms with Gasteiger partial charge in [0, 0.05) is 13.0 Å². The average Bonchev–Trinajstić information content (AvgIpc) is 2.96. The molecule has 106 valence electrons. The molecular weight excluding hydrogens is 272 g/mol. The molecule has 0 fully saturated rings. The van der Waals surface area contributed by atoms with Gasteiger partial charge in [0.25, 0.3) is 0 Å². The SMILES string of the molecule is CSC1=NCCN1C(=O)CC1CCOc2ccccc21. The fourth-order valence-electron chi connectivity index (χ4n) is 2.78. The van der Waals surface area contributed by atoms with Crippen LogP contribution in [0.5, 0.6) is 5.75 Å². The number of para-hydroxylation sites is 1. The molecule has 0 saturated carbocycles. The minimum atomic E-state index is 0.178. The molecule has 0 aromatic heterocycles. The fraction of sp³-hybridized carbons (Fsp3) is 0.467. The Morgan fingerprint density at radius 1 is 1.50 bits per heavy atom. The van der Waals surface area contributed by atoms with Crippen LogP contribution in [0, 0.1) is 0 Å². The second-order valence-electron chi connectivity index (χ2n) is 4.99. The lowest BCUT2D eigenvalue weighted by Crippen LogP contribution is -2.34. The van der Waals surface area contributed by atoms with E-state index in [1.807, 2.05) is 29.4 Å². The number of carbonyl (C=O) groups excluding carboxylic acids is 1. The molecule has 5 heteroatoms. The maximum atomic E-state index is 12.5. The third-order valence-corrected chi connectivity index (χ3v) is 4.50. The van der Waals surface area contributed by atoms with Crippen LogP contribution in [-0.2, 0) is 4.79 Å². The molecule has 1 atom stereocenters. The van der Waals surface area contributed by atoms with Gasteiger partial charge in [0.1, 0.15) is 5.75 Å². The van der Waals surface area contributed by atoms with E-state index >= 15 is 0 Å². The lowest BCUT2D eigenvalue weighted by molar-refractivity contribution is -0.127. The van der Waals surface area contributed by atoms with Crippen LogP contribution < -0.4 is 4.74 Å². The summed E-state index contributed by atoms with van der Waals surface area (Å²) >= 11 is 1.55. The van der Waals surface area contributed by atoms with Crippen LogP contribution >= 0.6 is 11.8 Å². The van der Waals surface area contributed by atoms with E-state index in [-0.39, 0.29) is 11.8 Å². The zero-order valence-corrected chi connectivity index (χ0v) is 12.4. The summed E-state index contributed by atoms with van der Waals surface area (Å²) in [6, 6.07) is 8.04. The van der Waals surface area contributed by atoms with Gasteiger partial charge in [0.05, 0.1) is 13.2 Å². The van der Waals surface area contributed by atoms with Gasteiger partial charge in [-0.05, 0) is 30.2 Å². The molecule has 0 spiro atoms. The largest absolute Gasteiger partial charge is 0.493 e. The van der Waals surface area contributed by atoms with E-state index < -0.39 is 0 Å². The molecule has 0 radical (unpaired) electrons. The van der Waals surface area contributed by atoms with Gasteiger partial charge in [-0.3, -0.25) is 14.7 Å². The number of ether oxygens (including phenoxy) is 1. The first kappa shape index (κ1) is 13.5. The lowest BCUT2D eigenvalue weighted by Gasteiger charge is -2.27. The zero-order chi connectivity index (χ0) is 13.9. The molecule has 20 heavy (non-hydrogen) atoms. The molecule has 0 bridgehead atoms. The van der Waals surface area contributed by atoms with Gasteiger partial charge in [0.15, 0.2) is 5.17 Å². The molecule has 0 aliphatic carbocycles. The number of carbonyl (C=O) groups is 1. The Balaban J connectivity index is 1.73. The van der Waals surface area contributed by atoms with E-state index in [9.17, 15) is 4.79 Å². The van der Waals surface area contributed by atoms with E-state index in [1.54, 1.807) is 11.8 Å². The monoisotopic (exact) mass is 290 g/mol. The van der Waals surface area contributed by atoms with Gasteiger partial charge in [0.2, 0.25) is 5.91 Å². The molecule has 4 nitrogen and oxygen atoms in total. The summed E-state index contributed by atoms with van der Waals surface area (Å²) in [5, 5.41) is 0.857. The maximum absolute atomic E-state index is 12.5. The third-order valence-electron chi connectivity index (χ3n) is 3.79. The van der Waals surface area contributed by atoms with Gasteiger partial charge < -0.3 is 4.74 Å². The molecule has 0 saturated heterocycles. The van der Waals surface area contributed by atoms with Crippen molar-refractivity contribution in [3.05, 3.63) is 29.8 Å². The summed E-state index contributed by atoms with van der Waals surface area (Å²) in [6.07, 6.45) is 3.41.